The van der Waals surface area contributed by atoms with Crippen LogP contribution in [0.5, 0.6) is 0 Å². The van der Waals surface area contributed by atoms with Gasteiger partial charge in [0.1, 0.15) is 5.82 Å². The average Bonchev–Trinajstić information content (AvgIpc) is 2.67. The van der Waals surface area contributed by atoms with Crippen LogP contribution < -0.4 is 5.73 Å². The molecule has 0 amide bonds. The molecule has 1 aromatic carbocycles. The molecule has 2 nitrogen and oxygen atoms in total. The average molecular weight is 278 g/mol. The predicted octanol–water partition coefficient (Wildman–Crippen LogP) is 3.69. The van der Waals surface area contributed by atoms with E-state index in [0.717, 1.165) is 31.1 Å². The molecule has 0 radical (unpaired) electrons. The summed E-state index contributed by atoms with van der Waals surface area (Å²) in [4.78, 5) is 2.40. The topological polar surface area (TPSA) is 29.3 Å². The van der Waals surface area contributed by atoms with E-state index in [9.17, 15) is 4.39 Å². The zero-order valence-electron chi connectivity index (χ0n) is 12.6. The lowest BCUT2D eigenvalue weighted by Gasteiger charge is -2.21. The van der Waals surface area contributed by atoms with Gasteiger partial charge in [-0.25, -0.2) is 4.39 Å². The molecule has 0 bridgehead atoms. The summed E-state index contributed by atoms with van der Waals surface area (Å²) in [5.74, 6) is 0.759. The molecule has 3 heteroatoms. The van der Waals surface area contributed by atoms with Gasteiger partial charge in [-0.2, -0.15) is 0 Å². The second kappa shape index (κ2) is 7.75. The first kappa shape index (κ1) is 15.5. The lowest BCUT2D eigenvalue weighted by molar-refractivity contribution is 0.267. The number of likely N-dealkylation sites (tertiary alicyclic amines) is 1. The van der Waals surface area contributed by atoms with E-state index in [2.05, 4.69) is 11.8 Å². The van der Waals surface area contributed by atoms with E-state index in [1.807, 2.05) is 12.1 Å². The first-order chi connectivity index (χ1) is 9.74. The second-order valence-electron chi connectivity index (χ2n) is 5.96. The minimum absolute atomic E-state index is 0.107. The maximum absolute atomic E-state index is 14.2. The number of nitrogens with zero attached hydrogens (tertiary/aromatic N) is 1. The summed E-state index contributed by atoms with van der Waals surface area (Å²) < 4.78 is 14.2. The van der Waals surface area contributed by atoms with Gasteiger partial charge in [0.15, 0.2) is 0 Å². The first-order valence-electron chi connectivity index (χ1n) is 7.93. The maximum atomic E-state index is 14.2. The molecule has 1 aromatic rings. The third-order valence-corrected chi connectivity index (χ3v) is 4.41. The molecule has 0 aliphatic carbocycles. The van der Waals surface area contributed by atoms with Gasteiger partial charge in [0.2, 0.25) is 0 Å². The van der Waals surface area contributed by atoms with Crippen molar-refractivity contribution < 1.29 is 4.39 Å². The fraction of sp³-hybridized carbons (Fsp3) is 0.647. The van der Waals surface area contributed by atoms with Crippen LogP contribution in [0, 0.1) is 11.7 Å². The molecule has 0 aromatic heterocycles. The van der Waals surface area contributed by atoms with Gasteiger partial charge < -0.3 is 5.73 Å². The lowest BCUT2D eigenvalue weighted by Crippen LogP contribution is -2.25. The zero-order valence-corrected chi connectivity index (χ0v) is 12.6. The van der Waals surface area contributed by atoms with Crippen molar-refractivity contribution in [3.05, 3.63) is 35.1 Å². The molecule has 1 fully saturated rings. The number of rotatable bonds is 5. The summed E-state index contributed by atoms with van der Waals surface area (Å²) in [6.07, 6.45) is 6.44. The highest BCUT2D eigenvalue weighted by Gasteiger charge is 2.18. The van der Waals surface area contributed by atoms with Crippen molar-refractivity contribution in [3.8, 4) is 0 Å². The van der Waals surface area contributed by atoms with Crippen LogP contribution in [0.2, 0.25) is 0 Å². The van der Waals surface area contributed by atoms with Gasteiger partial charge in [-0.1, -0.05) is 38.0 Å². The summed E-state index contributed by atoms with van der Waals surface area (Å²) in [6, 6.07) is 5.58. The monoisotopic (exact) mass is 278 g/mol. The first-order valence-corrected chi connectivity index (χ1v) is 7.93. The summed E-state index contributed by atoms with van der Waals surface area (Å²) in [6.45, 7) is 5.44. The fourth-order valence-electron chi connectivity index (χ4n) is 3.23. The summed E-state index contributed by atoms with van der Waals surface area (Å²) in [7, 11) is 0. The molecule has 2 rings (SSSR count). The Kier molecular flexibility index (Phi) is 5.99. The van der Waals surface area contributed by atoms with Crippen LogP contribution in [0.1, 0.15) is 50.2 Å². The van der Waals surface area contributed by atoms with Gasteiger partial charge in [-0.3, -0.25) is 4.90 Å². The molecule has 0 saturated carbocycles. The molecule has 1 unspecified atom stereocenters. The molecule has 2 N–H and O–H groups in total. The van der Waals surface area contributed by atoms with Crippen molar-refractivity contribution in [1.82, 2.24) is 4.90 Å². The van der Waals surface area contributed by atoms with Crippen molar-refractivity contribution in [2.75, 3.05) is 13.1 Å². The Labute approximate surface area is 122 Å². The number of halogens is 1. The number of hydrogen-bond donors (Lipinski definition) is 1. The SMILES string of the molecule is CCCC1CCCN(Cc2cccc(CN)c2F)CC1. The predicted molar refractivity (Wildman–Crippen MR) is 81.8 cm³/mol. The van der Waals surface area contributed by atoms with Crippen molar-refractivity contribution in [2.45, 2.75) is 52.1 Å². The maximum Gasteiger partial charge on any atom is 0.132 e. The Morgan fingerprint density at radius 1 is 1.25 bits per heavy atom. The molecular formula is C17H27FN2. The molecule has 20 heavy (non-hydrogen) atoms. The van der Waals surface area contributed by atoms with Crippen LogP contribution in [-0.2, 0) is 13.1 Å². The van der Waals surface area contributed by atoms with Crippen molar-refractivity contribution in [3.63, 3.8) is 0 Å². The van der Waals surface area contributed by atoms with Crippen LogP contribution in [0.3, 0.4) is 0 Å². The van der Waals surface area contributed by atoms with Gasteiger partial charge in [0, 0.05) is 24.2 Å². The van der Waals surface area contributed by atoms with Gasteiger partial charge >= 0.3 is 0 Å². The standard InChI is InChI=1S/C17H27FN2/c1-2-5-14-6-4-10-20(11-9-14)13-16-8-3-7-15(12-19)17(16)18/h3,7-8,14H,2,4-6,9-13,19H2,1H3. The summed E-state index contributed by atoms with van der Waals surface area (Å²) in [5, 5.41) is 0. The Hall–Kier alpha value is -0.930. The Morgan fingerprint density at radius 3 is 2.80 bits per heavy atom. The van der Waals surface area contributed by atoms with Crippen molar-refractivity contribution in [1.29, 1.82) is 0 Å². The molecule has 1 aliphatic heterocycles. The number of benzene rings is 1. The minimum atomic E-state index is -0.107. The smallest absolute Gasteiger partial charge is 0.132 e. The number of hydrogen-bond acceptors (Lipinski definition) is 2. The van der Waals surface area contributed by atoms with Crippen LogP contribution in [0.25, 0.3) is 0 Å². The summed E-state index contributed by atoms with van der Waals surface area (Å²) in [5.41, 5.74) is 7.00. The zero-order chi connectivity index (χ0) is 14.4. The highest BCUT2D eigenvalue weighted by Crippen LogP contribution is 2.23. The Bertz CT molecular complexity index is 419. The molecule has 112 valence electrons. The Morgan fingerprint density at radius 2 is 2.05 bits per heavy atom. The van der Waals surface area contributed by atoms with Gasteiger partial charge in [0.25, 0.3) is 0 Å². The highest BCUT2D eigenvalue weighted by molar-refractivity contribution is 5.25. The van der Waals surface area contributed by atoms with Crippen molar-refractivity contribution >= 4 is 0 Å². The molecule has 1 heterocycles. The minimum Gasteiger partial charge on any atom is -0.326 e. The van der Waals surface area contributed by atoms with Crippen LogP contribution in [0.15, 0.2) is 18.2 Å². The summed E-state index contributed by atoms with van der Waals surface area (Å²) >= 11 is 0. The Balaban J connectivity index is 1.96. The quantitative estimate of drug-likeness (QED) is 0.890. The van der Waals surface area contributed by atoms with Gasteiger partial charge in [0.05, 0.1) is 0 Å². The van der Waals surface area contributed by atoms with Crippen LogP contribution in [-0.4, -0.2) is 18.0 Å². The van der Waals surface area contributed by atoms with Crippen LogP contribution in [0.4, 0.5) is 4.39 Å². The largest absolute Gasteiger partial charge is 0.326 e. The van der Waals surface area contributed by atoms with E-state index in [4.69, 9.17) is 5.73 Å². The van der Waals surface area contributed by atoms with Gasteiger partial charge in [-0.15, -0.1) is 0 Å². The lowest BCUT2D eigenvalue weighted by atomic mass is 9.96. The number of nitrogens with two attached hydrogens (primary N) is 1. The molecular weight excluding hydrogens is 251 g/mol. The molecule has 0 spiro atoms. The van der Waals surface area contributed by atoms with E-state index in [-0.39, 0.29) is 12.4 Å². The third-order valence-electron chi connectivity index (χ3n) is 4.41. The van der Waals surface area contributed by atoms with Crippen LogP contribution >= 0.6 is 0 Å². The van der Waals surface area contributed by atoms with Gasteiger partial charge in [-0.05, 0) is 38.3 Å². The van der Waals surface area contributed by atoms with E-state index < -0.39 is 0 Å². The highest BCUT2D eigenvalue weighted by atomic mass is 19.1. The third kappa shape index (κ3) is 4.03. The van der Waals surface area contributed by atoms with E-state index in [1.54, 1.807) is 6.07 Å². The van der Waals surface area contributed by atoms with Crippen molar-refractivity contribution in [2.24, 2.45) is 11.7 Å². The van der Waals surface area contributed by atoms with E-state index in [1.165, 1.54) is 32.1 Å². The molecule has 1 saturated heterocycles. The second-order valence-corrected chi connectivity index (χ2v) is 5.96. The fourth-order valence-corrected chi connectivity index (χ4v) is 3.23. The normalized spacial score (nSPS) is 20.9. The van der Waals surface area contributed by atoms with E-state index in [0.29, 0.717) is 5.56 Å². The molecule has 1 atom stereocenters. The molecule has 1 aliphatic rings. The van der Waals surface area contributed by atoms with E-state index >= 15 is 0 Å².